The summed E-state index contributed by atoms with van der Waals surface area (Å²) in [6.45, 7) is 0.965. The second-order valence-corrected chi connectivity index (χ2v) is 7.99. The van der Waals surface area contributed by atoms with E-state index in [1.807, 2.05) is 42.1 Å². The Labute approximate surface area is 166 Å². The molecule has 0 radical (unpaired) electrons. The van der Waals surface area contributed by atoms with Crippen LogP contribution < -0.4 is 10.4 Å². The van der Waals surface area contributed by atoms with Crippen molar-refractivity contribution >= 4 is 21.9 Å². The largest absolute Gasteiger partial charge is 0.490 e. The van der Waals surface area contributed by atoms with Crippen LogP contribution in [0.1, 0.15) is 18.5 Å². The van der Waals surface area contributed by atoms with Crippen molar-refractivity contribution in [3.63, 3.8) is 0 Å². The van der Waals surface area contributed by atoms with Gasteiger partial charge >= 0.3 is 5.69 Å². The average molecular weight is 388 g/mol. The molecule has 29 heavy (non-hydrogen) atoms. The lowest BCUT2D eigenvalue weighted by Crippen LogP contribution is -2.34. The van der Waals surface area contributed by atoms with Crippen LogP contribution in [-0.4, -0.2) is 32.8 Å². The fraction of sp³-hybridized carbons (Fsp3) is 0.318. The number of hydrogen-bond donors (Lipinski definition) is 0. The van der Waals surface area contributed by atoms with E-state index in [-0.39, 0.29) is 11.2 Å². The Morgan fingerprint density at radius 1 is 1.17 bits per heavy atom. The first kappa shape index (κ1) is 16.7. The normalized spacial score (nSPS) is 16.5. The van der Waals surface area contributed by atoms with Crippen LogP contribution in [0.2, 0.25) is 0 Å². The van der Waals surface area contributed by atoms with Crippen molar-refractivity contribution in [2.75, 3.05) is 13.7 Å². The summed E-state index contributed by atoms with van der Waals surface area (Å²) >= 11 is 0. The monoisotopic (exact) mass is 388 g/mol. The third kappa shape index (κ3) is 2.19. The maximum Gasteiger partial charge on any atom is 0.329 e. The lowest BCUT2D eigenvalue weighted by Gasteiger charge is -2.16. The number of rotatable bonds is 3. The Kier molecular flexibility index (Phi) is 3.27. The van der Waals surface area contributed by atoms with Crippen LogP contribution in [0.4, 0.5) is 0 Å². The minimum absolute atomic E-state index is 0.000705. The molecular weight excluding hydrogens is 368 g/mol. The summed E-state index contributed by atoms with van der Waals surface area (Å²) in [4.78, 5) is 22.2. The molecule has 0 unspecified atom stereocenters. The van der Waals surface area contributed by atoms with E-state index in [0.717, 1.165) is 57.3 Å². The topological polar surface area (TPSA) is 71.2 Å². The molecule has 6 rings (SSSR count). The maximum atomic E-state index is 13.1. The molecule has 1 spiro atoms. The fourth-order valence-corrected chi connectivity index (χ4v) is 4.47. The molecule has 0 atom stereocenters. The van der Waals surface area contributed by atoms with Gasteiger partial charge in [0.1, 0.15) is 12.4 Å². The van der Waals surface area contributed by atoms with Gasteiger partial charge in [-0.05, 0) is 31.0 Å². The average Bonchev–Trinajstić information content (AvgIpc) is 3.49. The number of aromatic nitrogens is 4. The highest BCUT2D eigenvalue weighted by molar-refractivity contribution is 6.09. The Morgan fingerprint density at radius 3 is 2.76 bits per heavy atom. The number of pyridine rings is 2. The third-order valence-corrected chi connectivity index (χ3v) is 6.22. The van der Waals surface area contributed by atoms with E-state index >= 15 is 0 Å². The summed E-state index contributed by atoms with van der Waals surface area (Å²) < 4.78 is 15.2. The van der Waals surface area contributed by atoms with Crippen LogP contribution in [0, 0.1) is 0 Å². The molecule has 1 aliphatic heterocycles. The van der Waals surface area contributed by atoms with Gasteiger partial charge in [0.2, 0.25) is 0 Å². The number of aryl methyl sites for hydroxylation is 1. The van der Waals surface area contributed by atoms with Crippen LogP contribution in [0.15, 0.2) is 41.5 Å². The lowest BCUT2D eigenvalue weighted by molar-refractivity contribution is 0.181. The van der Waals surface area contributed by atoms with Gasteiger partial charge in [0.15, 0.2) is 0 Å². The van der Waals surface area contributed by atoms with Gasteiger partial charge in [-0.3, -0.25) is 19.1 Å². The number of hydrogen-bond acceptors (Lipinski definition) is 5. The second-order valence-electron chi connectivity index (χ2n) is 7.99. The molecule has 1 aliphatic carbocycles. The second kappa shape index (κ2) is 5.67. The van der Waals surface area contributed by atoms with Crippen molar-refractivity contribution < 1.29 is 9.47 Å². The predicted octanol–water partition coefficient (Wildman–Crippen LogP) is 2.98. The number of methoxy groups -OCH3 is 1. The van der Waals surface area contributed by atoms with Crippen molar-refractivity contribution in [1.82, 2.24) is 19.1 Å². The summed E-state index contributed by atoms with van der Waals surface area (Å²) in [5.74, 6) is 0.782. The highest BCUT2D eigenvalue weighted by Crippen LogP contribution is 2.50. The Morgan fingerprint density at radius 2 is 2.03 bits per heavy atom. The molecule has 2 aliphatic rings. The van der Waals surface area contributed by atoms with Gasteiger partial charge in [-0.2, -0.15) is 0 Å². The standard InChI is InChI=1S/C22H20N4O3/c1-25-17-10-24-16-6-5-15(13-3-4-14(11-28-2)23-9-13)20-18(16)19(17)26(21(25)27)22(7-8-22)12-29-20/h3-6,9-10H,7-8,11-12H2,1-2H3. The number of fused-ring (bicyclic) bond motifs is 1. The Bertz CT molecular complexity index is 1350. The highest BCUT2D eigenvalue weighted by Gasteiger charge is 2.49. The summed E-state index contributed by atoms with van der Waals surface area (Å²) in [5, 5.41) is 0.905. The Hall–Kier alpha value is -3.19. The van der Waals surface area contributed by atoms with Gasteiger partial charge in [-0.1, -0.05) is 6.07 Å². The summed E-state index contributed by atoms with van der Waals surface area (Å²) in [6.07, 6.45) is 5.54. The molecule has 146 valence electrons. The van der Waals surface area contributed by atoms with Gasteiger partial charge in [-0.15, -0.1) is 0 Å². The predicted molar refractivity (Wildman–Crippen MR) is 109 cm³/mol. The molecule has 0 saturated heterocycles. The van der Waals surface area contributed by atoms with Crippen molar-refractivity contribution in [3.05, 3.63) is 52.8 Å². The smallest absolute Gasteiger partial charge is 0.329 e. The first-order chi connectivity index (χ1) is 14.1. The van der Waals surface area contributed by atoms with Gasteiger partial charge in [0, 0.05) is 31.5 Å². The van der Waals surface area contributed by atoms with E-state index in [1.165, 1.54) is 0 Å². The fourth-order valence-electron chi connectivity index (χ4n) is 4.47. The van der Waals surface area contributed by atoms with E-state index in [0.29, 0.717) is 13.2 Å². The third-order valence-electron chi connectivity index (χ3n) is 6.22. The van der Waals surface area contributed by atoms with Crippen LogP contribution in [0.25, 0.3) is 33.1 Å². The number of ether oxygens (including phenoxy) is 2. The first-order valence-corrected chi connectivity index (χ1v) is 9.74. The Balaban J connectivity index is 1.68. The van der Waals surface area contributed by atoms with Crippen molar-refractivity contribution in [3.8, 4) is 16.9 Å². The molecular formula is C22H20N4O3. The molecule has 0 N–H and O–H groups in total. The lowest BCUT2D eigenvalue weighted by atomic mass is 10.0. The SMILES string of the molecule is COCc1ccc(-c2ccc3ncc4c5c3c2OCC2(CC2)n5c(=O)n4C)cn1. The molecule has 7 nitrogen and oxygen atoms in total. The molecule has 4 heterocycles. The summed E-state index contributed by atoms with van der Waals surface area (Å²) in [7, 11) is 3.47. The number of imidazole rings is 1. The molecule has 0 amide bonds. The van der Waals surface area contributed by atoms with Crippen LogP contribution in [0.3, 0.4) is 0 Å². The number of nitrogens with zero attached hydrogens (tertiary/aromatic N) is 4. The van der Waals surface area contributed by atoms with E-state index in [2.05, 4.69) is 9.97 Å². The minimum Gasteiger partial charge on any atom is -0.490 e. The molecule has 1 fully saturated rings. The van der Waals surface area contributed by atoms with Crippen molar-refractivity contribution in [2.24, 2.45) is 7.05 Å². The summed E-state index contributed by atoms with van der Waals surface area (Å²) in [5.41, 5.74) is 5.16. The first-order valence-electron chi connectivity index (χ1n) is 9.74. The van der Waals surface area contributed by atoms with Crippen LogP contribution in [0.5, 0.6) is 5.75 Å². The highest BCUT2D eigenvalue weighted by atomic mass is 16.5. The number of benzene rings is 1. The molecule has 0 bridgehead atoms. The van der Waals surface area contributed by atoms with Crippen LogP contribution >= 0.6 is 0 Å². The zero-order chi connectivity index (χ0) is 19.8. The zero-order valence-electron chi connectivity index (χ0n) is 16.3. The quantitative estimate of drug-likeness (QED) is 0.540. The van der Waals surface area contributed by atoms with Crippen molar-refractivity contribution in [2.45, 2.75) is 25.0 Å². The van der Waals surface area contributed by atoms with Crippen molar-refractivity contribution in [1.29, 1.82) is 0 Å². The van der Waals surface area contributed by atoms with E-state index in [1.54, 1.807) is 17.9 Å². The van der Waals surface area contributed by atoms with E-state index in [9.17, 15) is 4.79 Å². The van der Waals surface area contributed by atoms with Gasteiger partial charge in [-0.25, -0.2) is 4.79 Å². The van der Waals surface area contributed by atoms with Gasteiger partial charge in [0.05, 0.1) is 46.0 Å². The zero-order valence-corrected chi connectivity index (χ0v) is 16.3. The maximum absolute atomic E-state index is 13.1. The molecule has 3 aromatic heterocycles. The molecule has 7 heteroatoms. The van der Waals surface area contributed by atoms with Gasteiger partial charge < -0.3 is 9.47 Å². The molecule has 1 aromatic carbocycles. The molecule has 1 saturated carbocycles. The summed E-state index contributed by atoms with van der Waals surface area (Å²) in [6, 6.07) is 8.02. The van der Waals surface area contributed by atoms with Crippen LogP contribution in [-0.2, 0) is 23.9 Å². The van der Waals surface area contributed by atoms with E-state index < -0.39 is 0 Å². The minimum atomic E-state index is -0.248. The van der Waals surface area contributed by atoms with E-state index in [4.69, 9.17) is 9.47 Å². The molecule has 4 aromatic rings. The van der Waals surface area contributed by atoms with Gasteiger partial charge in [0.25, 0.3) is 0 Å².